The first kappa shape index (κ1) is 15.9. The van der Waals surface area contributed by atoms with Gasteiger partial charge in [0.15, 0.2) is 0 Å². The second-order valence-electron chi connectivity index (χ2n) is 3.67. The van der Waals surface area contributed by atoms with Crippen molar-refractivity contribution in [2.24, 2.45) is 5.41 Å². The molecule has 0 atom stereocenters. The third-order valence-corrected chi connectivity index (χ3v) is 2.07. The molecule has 0 aromatic heterocycles. The van der Waals surface area contributed by atoms with E-state index in [1.54, 1.807) is 7.05 Å². The molecule has 0 heterocycles. The smallest absolute Gasteiger partial charge is 0.225 e. The molecule has 0 aromatic rings. The maximum atomic E-state index is 11.3. The summed E-state index contributed by atoms with van der Waals surface area (Å²) in [5, 5.41) is 5.74. The Balaban J connectivity index is 0. The Kier molecular flexibility index (Phi) is 10.2. The number of carbonyl (C=O) groups is 1. The first-order valence-corrected chi connectivity index (χ1v) is 5.41. The van der Waals surface area contributed by atoms with Gasteiger partial charge in [0.2, 0.25) is 5.91 Å². The lowest BCUT2D eigenvalue weighted by atomic mass is 9.87. The lowest BCUT2D eigenvalue weighted by Crippen LogP contribution is -2.34. The number of carbonyl (C=O) groups excluding carboxylic acids is 1. The van der Waals surface area contributed by atoms with E-state index in [1.165, 1.54) is 0 Å². The molecule has 2 N–H and O–H groups in total. The zero-order chi connectivity index (χ0) is 11.6. The summed E-state index contributed by atoms with van der Waals surface area (Å²) >= 11 is 0. The lowest BCUT2D eigenvalue weighted by molar-refractivity contribution is -0.129. The lowest BCUT2D eigenvalue weighted by Gasteiger charge is -2.22. The van der Waals surface area contributed by atoms with Crippen LogP contribution in [0.3, 0.4) is 0 Å². The van der Waals surface area contributed by atoms with Crippen LogP contribution in [0.2, 0.25) is 0 Å². The van der Waals surface area contributed by atoms with Gasteiger partial charge in [-0.05, 0) is 26.4 Å². The second kappa shape index (κ2) is 9.00. The highest BCUT2D eigenvalue weighted by atomic mass is 16.2. The minimum Gasteiger partial charge on any atom is -0.359 e. The summed E-state index contributed by atoms with van der Waals surface area (Å²) in [6, 6.07) is 0. The number of hydrogen-bond acceptors (Lipinski definition) is 2. The van der Waals surface area contributed by atoms with E-state index < -0.39 is 0 Å². The highest BCUT2D eigenvalue weighted by molar-refractivity contribution is 5.81. The Morgan fingerprint density at radius 2 is 1.71 bits per heavy atom. The van der Waals surface area contributed by atoms with Gasteiger partial charge in [-0.1, -0.05) is 27.7 Å². The van der Waals surface area contributed by atoms with Crippen molar-refractivity contribution in [2.75, 3.05) is 20.6 Å². The first-order chi connectivity index (χ1) is 6.54. The molecule has 0 radical (unpaired) electrons. The predicted octanol–water partition coefficient (Wildman–Crippen LogP) is 1.78. The van der Waals surface area contributed by atoms with Crippen molar-refractivity contribution in [3.8, 4) is 0 Å². The summed E-state index contributed by atoms with van der Waals surface area (Å²) in [6.45, 7) is 8.92. The molecule has 3 nitrogen and oxygen atoms in total. The van der Waals surface area contributed by atoms with Gasteiger partial charge < -0.3 is 10.6 Å². The fourth-order valence-electron chi connectivity index (χ4n) is 1.16. The monoisotopic (exact) mass is 202 g/mol. The Morgan fingerprint density at radius 3 is 2.07 bits per heavy atom. The van der Waals surface area contributed by atoms with Crippen LogP contribution in [0, 0.1) is 5.41 Å². The predicted molar refractivity (Wildman–Crippen MR) is 62.4 cm³/mol. The van der Waals surface area contributed by atoms with Crippen LogP contribution in [0.5, 0.6) is 0 Å². The van der Waals surface area contributed by atoms with Gasteiger partial charge in [0.25, 0.3) is 0 Å². The molecule has 0 aliphatic rings. The fraction of sp³-hybridized carbons (Fsp3) is 0.909. The SMILES string of the molecule is CC.CNCCCC(C)(C)C(=O)NC. The summed E-state index contributed by atoms with van der Waals surface area (Å²) in [6.07, 6.45) is 1.96. The van der Waals surface area contributed by atoms with Gasteiger partial charge in [-0.25, -0.2) is 0 Å². The van der Waals surface area contributed by atoms with Crippen LogP contribution in [-0.2, 0) is 4.79 Å². The highest BCUT2D eigenvalue weighted by Crippen LogP contribution is 2.21. The number of rotatable bonds is 5. The molecule has 3 heteroatoms. The van der Waals surface area contributed by atoms with Crippen molar-refractivity contribution < 1.29 is 4.79 Å². The molecule has 0 saturated carbocycles. The second-order valence-corrected chi connectivity index (χ2v) is 3.67. The normalized spacial score (nSPS) is 10.1. The third kappa shape index (κ3) is 6.89. The molecule has 0 fully saturated rings. The van der Waals surface area contributed by atoms with Gasteiger partial charge >= 0.3 is 0 Å². The van der Waals surface area contributed by atoms with E-state index in [1.807, 2.05) is 34.7 Å². The maximum absolute atomic E-state index is 11.3. The molecule has 0 rings (SSSR count). The largest absolute Gasteiger partial charge is 0.359 e. The quantitative estimate of drug-likeness (QED) is 0.667. The van der Waals surface area contributed by atoms with Crippen LogP contribution in [0.1, 0.15) is 40.5 Å². The average molecular weight is 202 g/mol. The highest BCUT2D eigenvalue weighted by Gasteiger charge is 2.25. The van der Waals surface area contributed by atoms with Gasteiger partial charge in [-0.2, -0.15) is 0 Å². The van der Waals surface area contributed by atoms with Crippen molar-refractivity contribution in [1.29, 1.82) is 0 Å². The number of amides is 1. The van der Waals surface area contributed by atoms with Gasteiger partial charge in [-0.15, -0.1) is 0 Å². The summed E-state index contributed by atoms with van der Waals surface area (Å²) < 4.78 is 0. The van der Waals surface area contributed by atoms with E-state index in [0.29, 0.717) is 0 Å². The van der Waals surface area contributed by atoms with Crippen molar-refractivity contribution in [1.82, 2.24) is 10.6 Å². The third-order valence-electron chi connectivity index (χ3n) is 2.07. The van der Waals surface area contributed by atoms with E-state index in [0.717, 1.165) is 19.4 Å². The van der Waals surface area contributed by atoms with Crippen molar-refractivity contribution in [3.05, 3.63) is 0 Å². The number of hydrogen-bond donors (Lipinski definition) is 2. The minimum absolute atomic E-state index is 0.124. The van der Waals surface area contributed by atoms with E-state index in [9.17, 15) is 4.79 Å². The Labute approximate surface area is 88.7 Å². The maximum Gasteiger partial charge on any atom is 0.225 e. The van der Waals surface area contributed by atoms with Gasteiger partial charge in [-0.3, -0.25) is 4.79 Å². The van der Waals surface area contributed by atoms with Crippen LogP contribution in [0.25, 0.3) is 0 Å². The van der Waals surface area contributed by atoms with Crippen LogP contribution < -0.4 is 10.6 Å². The molecular weight excluding hydrogens is 176 g/mol. The standard InChI is InChI=1S/C9H20N2O.C2H6/c1-9(2,8(12)11-4)6-5-7-10-3;1-2/h10H,5-7H2,1-4H3,(H,11,12);1-2H3. The molecular formula is C11H26N2O. The minimum atomic E-state index is -0.231. The molecule has 0 aliphatic heterocycles. The van der Waals surface area contributed by atoms with Gasteiger partial charge in [0.05, 0.1) is 0 Å². The topological polar surface area (TPSA) is 41.1 Å². The van der Waals surface area contributed by atoms with Crippen LogP contribution in [0.4, 0.5) is 0 Å². The molecule has 1 amide bonds. The first-order valence-electron chi connectivity index (χ1n) is 5.41. The van der Waals surface area contributed by atoms with Crippen LogP contribution in [-0.4, -0.2) is 26.5 Å². The summed E-state index contributed by atoms with van der Waals surface area (Å²) in [4.78, 5) is 11.3. The van der Waals surface area contributed by atoms with Gasteiger partial charge in [0, 0.05) is 12.5 Å². The molecule has 0 aromatic carbocycles. The Bertz CT molecular complexity index is 144. The molecule has 0 spiro atoms. The van der Waals surface area contributed by atoms with Crippen molar-refractivity contribution in [3.63, 3.8) is 0 Å². The fourth-order valence-corrected chi connectivity index (χ4v) is 1.16. The Morgan fingerprint density at radius 1 is 1.21 bits per heavy atom. The van der Waals surface area contributed by atoms with Crippen molar-refractivity contribution in [2.45, 2.75) is 40.5 Å². The summed E-state index contributed by atoms with van der Waals surface area (Å²) in [5.74, 6) is 0.124. The van der Waals surface area contributed by atoms with E-state index in [2.05, 4.69) is 10.6 Å². The summed E-state index contributed by atoms with van der Waals surface area (Å²) in [5.41, 5.74) is -0.231. The number of nitrogens with one attached hydrogen (secondary N) is 2. The van der Waals surface area contributed by atoms with E-state index >= 15 is 0 Å². The van der Waals surface area contributed by atoms with Gasteiger partial charge in [0.1, 0.15) is 0 Å². The molecule has 0 bridgehead atoms. The molecule has 14 heavy (non-hydrogen) atoms. The molecule has 86 valence electrons. The molecule has 0 aliphatic carbocycles. The van der Waals surface area contributed by atoms with Crippen LogP contribution >= 0.6 is 0 Å². The zero-order valence-corrected chi connectivity index (χ0v) is 10.5. The van der Waals surface area contributed by atoms with Crippen molar-refractivity contribution >= 4 is 5.91 Å². The Hall–Kier alpha value is -0.570. The zero-order valence-electron chi connectivity index (χ0n) is 10.5. The molecule has 0 saturated heterocycles. The summed E-state index contributed by atoms with van der Waals surface area (Å²) in [7, 11) is 3.61. The average Bonchev–Trinajstić information content (AvgIpc) is 2.20. The molecule has 0 unspecified atom stereocenters. The van der Waals surface area contributed by atoms with Crippen LogP contribution in [0.15, 0.2) is 0 Å². The van der Waals surface area contributed by atoms with E-state index in [4.69, 9.17) is 0 Å². The van der Waals surface area contributed by atoms with E-state index in [-0.39, 0.29) is 11.3 Å².